The second-order valence-corrected chi connectivity index (χ2v) is 9.96. The average Bonchev–Trinajstić information content (AvgIpc) is 2.87. The van der Waals surface area contributed by atoms with Gasteiger partial charge in [-0.2, -0.15) is 0 Å². The first-order valence-electron chi connectivity index (χ1n) is 13.1. The van der Waals surface area contributed by atoms with E-state index in [4.69, 9.17) is 21.8 Å². The Kier molecular flexibility index (Phi) is 15.1. The van der Waals surface area contributed by atoms with Crippen molar-refractivity contribution in [2.24, 2.45) is 5.92 Å². The van der Waals surface area contributed by atoms with Crippen LogP contribution in [0.25, 0.3) is 0 Å². The zero-order valence-electron chi connectivity index (χ0n) is 22.4. The average molecular weight is 539 g/mol. The third kappa shape index (κ3) is 12.1. The van der Waals surface area contributed by atoms with Crippen LogP contribution in [0.3, 0.4) is 0 Å². The fourth-order valence-corrected chi connectivity index (χ4v) is 4.48. The highest BCUT2D eigenvalue weighted by atomic mass is 35.5. The number of rotatable bonds is 13. The molecule has 1 aliphatic rings. The normalized spacial score (nSPS) is 16.0. The zero-order valence-corrected chi connectivity index (χ0v) is 23.1. The molecule has 0 aromatic heterocycles. The van der Waals surface area contributed by atoms with Crippen LogP contribution < -0.4 is 0 Å². The minimum atomic E-state index is -1.26. The van der Waals surface area contributed by atoms with Crippen molar-refractivity contribution in [3.8, 4) is 0 Å². The number of aliphatic carboxylic acids is 2. The van der Waals surface area contributed by atoms with Gasteiger partial charge < -0.3 is 25.1 Å². The third-order valence-corrected chi connectivity index (χ3v) is 7.17. The van der Waals surface area contributed by atoms with Crippen LogP contribution in [-0.4, -0.2) is 81.3 Å². The molecule has 1 saturated heterocycles. The fourth-order valence-electron chi connectivity index (χ4n) is 4.25. The summed E-state index contributed by atoms with van der Waals surface area (Å²) in [7, 11) is 0. The molecule has 1 aromatic carbocycles. The quantitative estimate of drug-likeness (QED) is 0.317. The molecule has 8 nitrogen and oxygen atoms in total. The van der Waals surface area contributed by atoms with Crippen LogP contribution in [0.1, 0.15) is 64.9 Å². The number of amides is 1. The number of carbonyl (C=O) groups is 3. The van der Waals surface area contributed by atoms with Crippen molar-refractivity contribution in [2.75, 3.05) is 32.7 Å². The van der Waals surface area contributed by atoms with Gasteiger partial charge in [-0.3, -0.25) is 4.79 Å². The third-order valence-electron chi connectivity index (χ3n) is 6.80. The number of aliphatic hydroxyl groups is 1. The molecule has 1 heterocycles. The molecule has 9 heteroatoms. The van der Waals surface area contributed by atoms with Crippen molar-refractivity contribution >= 4 is 29.4 Å². The van der Waals surface area contributed by atoms with Gasteiger partial charge in [-0.15, -0.1) is 0 Å². The Hall–Kier alpha value is -2.42. The molecule has 37 heavy (non-hydrogen) atoms. The molecular weight excluding hydrogens is 496 g/mol. The highest BCUT2D eigenvalue weighted by Gasteiger charge is 2.42. The van der Waals surface area contributed by atoms with Crippen molar-refractivity contribution in [3.63, 3.8) is 0 Å². The van der Waals surface area contributed by atoms with E-state index >= 15 is 0 Å². The summed E-state index contributed by atoms with van der Waals surface area (Å²) in [4.78, 5) is 36.6. The Labute approximate surface area is 225 Å². The molecule has 1 amide bonds. The second-order valence-electron chi connectivity index (χ2n) is 9.55. The summed E-state index contributed by atoms with van der Waals surface area (Å²) in [6.07, 6.45) is 7.53. The lowest BCUT2D eigenvalue weighted by molar-refractivity contribution is -0.148. The standard InChI is InChI=1S/C24H39ClN2O2.C4H4O4/c1-4-6-15-27(16-7-5-2)23(28)20(3)24(29)13-18-26(19-14-24)17-12-21-10-8-9-11-22(21)25;5-3(6)1-2-4(7)8/h8-11,20,29H,4-7,12-19H2,1-3H3;1-2H,(H,5,6)(H,7,8)/b;2-1+. The van der Waals surface area contributed by atoms with E-state index in [0.29, 0.717) is 25.0 Å². The predicted octanol–water partition coefficient (Wildman–Crippen LogP) is 4.49. The number of hydrogen-bond donors (Lipinski definition) is 3. The second kappa shape index (κ2) is 17.2. The molecule has 0 radical (unpaired) electrons. The van der Waals surface area contributed by atoms with Crippen molar-refractivity contribution < 1.29 is 29.7 Å². The van der Waals surface area contributed by atoms with Gasteiger partial charge in [0.25, 0.3) is 0 Å². The van der Waals surface area contributed by atoms with Crippen LogP contribution in [0.4, 0.5) is 0 Å². The Morgan fingerprint density at radius 3 is 2.00 bits per heavy atom. The highest BCUT2D eigenvalue weighted by Crippen LogP contribution is 2.31. The van der Waals surface area contributed by atoms with E-state index in [1.807, 2.05) is 30.0 Å². The molecule has 1 aliphatic heterocycles. The monoisotopic (exact) mass is 538 g/mol. The summed E-state index contributed by atoms with van der Waals surface area (Å²) >= 11 is 6.26. The molecule has 1 atom stereocenters. The van der Waals surface area contributed by atoms with Crippen molar-refractivity contribution in [2.45, 2.75) is 71.3 Å². The molecule has 1 aromatic rings. The largest absolute Gasteiger partial charge is 0.478 e. The number of carboxylic acid groups (broad SMARTS) is 2. The van der Waals surface area contributed by atoms with Crippen molar-refractivity contribution in [1.82, 2.24) is 9.80 Å². The number of piperidine rings is 1. The van der Waals surface area contributed by atoms with E-state index in [9.17, 15) is 19.5 Å². The lowest BCUT2D eigenvalue weighted by atomic mass is 9.79. The van der Waals surface area contributed by atoms with E-state index in [2.05, 4.69) is 24.8 Å². The molecule has 0 bridgehead atoms. The molecule has 1 fully saturated rings. The van der Waals surface area contributed by atoms with E-state index in [-0.39, 0.29) is 11.8 Å². The topological polar surface area (TPSA) is 118 Å². The van der Waals surface area contributed by atoms with Gasteiger partial charge in [-0.1, -0.05) is 63.4 Å². The number of benzene rings is 1. The Bertz CT molecular complexity index is 859. The number of hydrogen-bond acceptors (Lipinski definition) is 5. The lowest BCUT2D eigenvalue weighted by Gasteiger charge is -2.42. The van der Waals surface area contributed by atoms with Gasteiger partial charge in [-0.05, 0) is 43.7 Å². The van der Waals surface area contributed by atoms with Gasteiger partial charge >= 0.3 is 11.9 Å². The molecular formula is C28H43ClN2O6. The molecule has 1 unspecified atom stereocenters. The maximum atomic E-state index is 13.1. The Morgan fingerprint density at radius 2 is 1.54 bits per heavy atom. The van der Waals surface area contributed by atoms with Gasteiger partial charge in [0.15, 0.2) is 0 Å². The molecule has 2 rings (SSSR count). The highest BCUT2D eigenvalue weighted by molar-refractivity contribution is 6.31. The maximum absolute atomic E-state index is 13.1. The van der Waals surface area contributed by atoms with E-state index in [1.54, 1.807) is 0 Å². The number of nitrogens with zero attached hydrogens (tertiary/aromatic N) is 2. The first-order chi connectivity index (χ1) is 17.5. The van der Waals surface area contributed by atoms with Crippen LogP contribution in [0.15, 0.2) is 36.4 Å². The van der Waals surface area contributed by atoms with E-state index in [1.165, 1.54) is 5.56 Å². The molecule has 3 N–H and O–H groups in total. The van der Waals surface area contributed by atoms with Gasteiger partial charge in [0, 0.05) is 49.9 Å². The number of carboxylic acids is 2. The number of carbonyl (C=O) groups excluding carboxylic acids is 1. The number of likely N-dealkylation sites (tertiary alicyclic amines) is 1. The molecule has 208 valence electrons. The summed E-state index contributed by atoms with van der Waals surface area (Å²) < 4.78 is 0. The minimum absolute atomic E-state index is 0.124. The van der Waals surface area contributed by atoms with Crippen LogP contribution in [0.5, 0.6) is 0 Å². The number of halogens is 1. The SMILES string of the molecule is CCCCN(CCCC)C(=O)C(C)C1(O)CCN(CCc2ccccc2Cl)CC1.O=C(O)/C=C/C(=O)O. The van der Waals surface area contributed by atoms with Gasteiger partial charge in [0.1, 0.15) is 0 Å². The summed E-state index contributed by atoms with van der Waals surface area (Å²) in [6.45, 7) is 10.4. The molecule has 0 saturated carbocycles. The Balaban J connectivity index is 0.000000738. The van der Waals surface area contributed by atoms with E-state index < -0.39 is 17.5 Å². The summed E-state index contributed by atoms with van der Waals surface area (Å²) in [6, 6.07) is 7.98. The van der Waals surface area contributed by atoms with Gasteiger partial charge in [0.2, 0.25) is 5.91 Å². The van der Waals surface area contributed by atoms with Crippen LogP contribution in [0, 0.1) is 5.92 Å². The van der Waals surface area contributed by atoms with Gasteiger partial charge in [0.05, 0.1) is 11.5 Å². The van der Waals surface area contributed by atoms with Crippen molar-refractivity contribution in [1.29, 1.82) is 0 Å². The smallest absolute Gasteiger partial charge is 0.328 e. The summed E-state index contributed by atoms with van der Waals surface area (Å²) in [5.74, 6) is -2.74. The lowest BCUT2D eigenvalue weighted by Crippen LogP contribution is -2.53. The fraction of sp³-hybridized carbons (Fsp3) is 0.607. The van der Waals surface area contributed by atoms with Crippen LogP contribution in [0.2, 0.25) is 5.02 Å². The van der Waals surface area contributed by atoms with Crippen LogP contribution >= 0.6 is 11.6 Å². The Morgan fingerprint density at radius 1 is 1.03 bits per heavy atom. The van der Waals surface area contributed by atoms with E-state index in [0.717, 1.165) is 69.9 Å². The number of unbranched alkanes of at least 4 members (excludes halogenated alkanes) is 2. The zero-order chi connectivity index (χ0) is 27.8. The summed E-state index contributed by atoms with van der Waals surface area (Å²) in [5.41, 5.74) is 0.273. The van der Waals surface area contributed by atoms with Crippen LogP contribution in [-0.2, 0) is 20.8 Å². The molecule has 0 spiro atoms. The first-order valence-corrected chi connectivity index (χ1v) is 13.5. The minimum Gasteiger partial charge on any atom is -0.478 e. The predicted molar refractivity (Wildman–Crippen MR) is 146 cm³/mol. The maximum Gasteiger partial charge on any atom is 0.328 e. The summed E-state index contributed by atoms with van der Waals surface area (Å²) in [5, 5.41) is 27.7. The van der Waals surface area contributed by atoms with Crippen molar-refractivity contribution in [3.05, 3.63) is 47.0 Å². The first kappa shape index (κ1) is 32.6. The molecule has 0 aliphatic carbocycles. The van der Waals surface area contributed by atoms with Gasteiger partial charge in [-0.25, -0.2) is 9.59 Å².